The predicted molar refractivity (Wildman–Crippen MR) is 117 cm³/mol. The Labute approximate surface area is 177 Å². The molecule has 3 amide bonds. The number of nitrogens with zero attached hydrogens (tertiary/aromatic N) is 1. The fourth-order valence-electron chi connectivity index (χ4n) is 3.39. The van der Waals surface area contributed by atoms with Crippen molar-refractivity contribution in [1.82, 2.24) is 15.6 Å². The Morgan fingerprint density at radius 3 is 2.50 bits per heavy atom. The third-order valence-electron chi connectivity index (χ3n) is 5.09. The molecule has 1 aromatic heterocycles. The number of fused-ring (bicyclic) bond motifs is 1. The molecule has 4 rings (SSSR count). The van der Waals surface area contributed by atoms with E-state index in [1.165, 1.54) is 5.56 Å². The van der Waals surface area contributed by atoms with Gasteiger partial charge in [-0.25, -0.2) is 4.98 Å². The summed E-state index contributed by atoms with van der Waals surface area (Å²) in [5.41, 5.74) is 3.54. The summed E-state index contributed by atoms with van der Waals surface area (Å²) in [7, 11) is 0. The lowest BCUT2D eigenvalue weighted by molar-refractivity contribution is -0.141. The van der Waals surface area contributed by atoms with Crippen molar-refractivity contribution in [3.05, 3.63) is 48.0 Å². The fourth-order valence-corrected chi connectivity index (χ4v) is 4.46. The van der Waals surface area contributed by atoms with Gasteiger partial charge in [0.15, 0.2) is 0 Å². The topological polar surface area (TPSA) is 100 Å². The zero-order valence-electron chi connectivity index (χ0n) is 16.5. The van der Waals surface area contributed by atoms with Crippen molar-refractivity contribution >= 4 is 45.0 Å². The summed E-state index contributed by atoms with van der Waals surface area (Å²) in [6.45, 7) is 3.52. The van der Waals surface area contributed by atoms with Crippen molar-refractivity contribution in [2.75, 3.05) is 18.4 Å². The van der Waals surface area contributed by atoms with E-state index in [2.05, 4.69) is 27.0 Å². The molecule has 1 aliphatic heterocycles. The van der Waals surface area contributed by atoms with E-state index in [1.807, 2.05) is 31.2 Å². The average molecular weight is 423 g/mol. The number of rotatable bonds is 3. The largest absolute Gasteiger partial charge is 0.318 e. The van der Waals surface area contributed by atoms with E-state index in [0.29, 0.717) is 18.5 Å². The first-order valence-corrected chi connectivity index (χ1v) is 10.7. The number of nitrogens with one attached hydrogen (secondary N) is 3. The first-order valence-electron chi connectivity index (χ1n) is 9.84. The van der Waals surface area contributed by atoms with Crippen molar-refractivity contribution in [2.24, 2.45) is 5.92 Å². The summed E-state index contributed by atoms with van der Waals surface area (Å²) in [5, 5.41) is 8.77. The van der Waals surface area contributed by atoms with Crippen LogP contribution in [0.5, 0.6) is 0 Å². The molecule has 1 saturated heterocycles. The summed E-state index contributed by atoms with van der Waals surface area (Å²) in [5.74, 6) is -2.43. The summed E-state index contributed by atoms with van der Waals surface area (Å²) in [4.78, 5) is 40.9. The van der Waals surface area contributed by atoms with E-state index in [9.17, 15) is 14.4 Å². The molecular formula is C22H22N4O3S. The third kappa shape index (κ3) is 4.55. The summed E-state index contributed by atoms with van der Waals surface area (Å²) >= 11 is 1.60. The second-order valence-corrected chi connectivity index (χ2v) is 8.39. The normalized spacial score (nSPS) is 14.4. The zero-order chi connectivity index (χ0) is 21.1. The molecule has 1 aliphatic rings. The highest BCUT2D eigenvalue weighted by molar-refractivity contribution is 7.21. The van der Waals surface area contributed by atoms with Crippen molar-refractivity contribution < 1.29 is 14.4 Å². The first-order chi connectivity index (χ1) is 14.5. The lowest BCUT2D eigenvalue weighted by Gasteiger charge is -2.21. The number of carbonyl (C=O) groups is 3. The van der Waals surface area contributed by atoms with Gasteiger partial charge in [0.1, 0.15) is 5.01 Å². The molecule has 154 valence electrons. The number of thiazole rings is 1. The Balaban J connectivity index is 1.38. The fraction of sp³-hybridized carbons (Fsp3) is 0.273. The minimum absolute atomic E-state index is 0.236. The molecule has 0 atom stereocenters. The van der Waals surface area contributed by atoms with Crippen molar-refractivity contribution in [3.8, 4) is 10.6 Å². The van der Waals surface area contributed by atoms with Gasteiger partial charge < -0.3 is 10.6 Å². The Hall–Kier alpha value is -3.10. The van der Waals surface area contributed by atoms with Crippen LogP contribution in [-0.2, 0) is 14.4 Å². The predicted octanol–water partition coefficient (Wildman–Crippen LogP) is 2.85. The molecule has 0 unspecified atom stereocenters. The maximum Gasteiger partial charge on any atom is 0.316 e. The molecule has 0 radical (unpaired) electrons. The smallest absolute Gasteiger partial charge is 0.316 e. The third-order valence-corrected chi connectivity index (χ3v) is 6.15. The standard InChI is InChI=1S/C22H22N4O3S/c1-13-2-7-17-18(12-13)30-22(25-17)15-3-5-16(6-4-15)24-20(28)21(29)26-19(27)14-8-10-23-11-9-14/h2-7,12,14,23H,8-11H2,1H3,(H,24,28)(H,26,27,29). The lowest BCUT2D eigenvalue weighted by Crippen LogP contribution is -2.44. The Morgan fingerprint density at radius 2 is 1.77 bits per heavy atom. The second kappa shape index (κ2) is 8.73. The van der Waals surface area contributed by atoms with Gasteiger partial charge in [0.2, 0.25) is 5.91 Å². The van der Waals surface area contributed by atoms with Crippen LogP contribution < -0.4 is 16.0 Å². The lowest BCUT2D eigenvalue weighted by atomic mass is 9.97. The molecule has 0 saturated carbocycles. The monoisotopic (exact) mass is 422 g/mol. The molecule has 30 heavy (non-hydrogen) atoms. The van der Waals surface area contributed by atoms with Crippen molar-refractivity contribution in [3.63, 3.8) is 0 Å². The van der Waals surface area contributed by atoms with Gasteiger partial charge in [-0.15, -0.1) is 11.3 Å². The van der Waals surface area contributed by atoms with Crippen LogP contribution in [0.4, 0.5) is 5.69 Å². The van der Waals surface area contributed by atoms with Crippen LogP contribution in [0.25, 0.3) is 20.8 Å². The molecule has 0 spiro atoms. The molecule has 0 bridgehead atoms. The number of aromatic nitrogens is 1. The number of carbonyl (C=O) groups excluding carboxylic acids is 3. The Morgan fingerprint density at radius 1 is 1.03 bits per heavy atom. The number of benzene rings is 2. The Bertz CT molecular complexity index is 1100. The van der Waals surface area contributed by atoms with Crippen LogP contribution in [0.1, 0.15) is 18.4 Å². The number of piperidine rings is 1. The molecule has 3 aromatic rings. The number of aryl methyl sites for hydroxylation is 1. The van der Waals surface area contributed by atoms with E-state index in [0.717, 1.165) is 33.9 Å². The maximum atomic E-state index is 12.1. The maximum absolute atomic E-state index is 12.1. The van der Waals surface area contributed by atoms with E-state index < -0.39 is 17.7 Å². The van der Waals surface area contributed by atoms with Gasteiger partial charge in [0.25, 0.3) is 0 Å². The minimum atomic E-state index is -0.941. The molecule has 7 nitrogen and oxygen atoms in total. The highest BCUT2D eigenvalue weighted by Crippen LogP contribution is 2.31. The molecule has 0 aliphatic carbocycles. The molecule has 2 heterocycles. The highest BCUT2D eigenvalue weighted by atomic mass is 32.1. The van der Waals surface area contributed by atoms with Crippen LogP contribution in [-0.4, -0.2) is 35.8 Å². The quantitative estimate of drug-likeness (QED) is 0.564. The summed E-state index contributed by atoms with van der Waals surface area (Å²) < 4.78 is 1.12. The van der Waals surface area contributed by atoms with Gasteiger partial charge in [-0.05, 0) is 74.8 Å². The first kappa shape index (κ1) is 20.2. The molecular weight excluding hydrogens is 400 g/mol. The second-order valence-electron chi connectivity index (χ2n) is 7.36. The van der Waals surface area contributed by atoms with Gasteiger partial charge in [-0.2, -0.15) is 0 Å². The summed E-state index contributed by atoms with van der Waals surface area (Å²) in [6, 6.07) is 13.3. The zero-order valence-corrected chi connectivity index (χ0v) is 17.3. The van der Waals surface area contributed by atoms with Gasteiger partial charge >= 0.3 is 11.8 Å². The SMILES string of the molecule is Cc1ccc2nc(-c3ccc(NC(=O)C(=O)NC(=O)C4CCNCC4)cc3)sc2c1. The van der Waals surface area contributed by atoms with E-state index in [1.54, 1.807) is 23.5 Å². The van der Waals surface area contributed by atoms with E-state index in [-0.39, 0.29) is 5.92 Å². The van der Waals surface area contributed by atoms with Crippen LogP contribution in [0.3, 0.4) is 0 Å². The number of anilines is 1. The van der Waals surface area contributed by atoms with E-state index >= 15 is 0 Å². The highest BCUT2D eigenvalue weighted by Gasteiger charge is 2.25. The van der Waals surface area contributed by atoms with Gasteiger partial charge in [0.05, 0.1) is 10.2 Å². The Kier molecular flexibility index (Phi) is 5.87. The van der Waals surface area contributed by atoms with Gasteiger partial charge in [-0.1, -0.05) is 6.07 Å². The average Bonchev–Trinajstić information content (AvgIpc) is 3.18. The van der Waals surface area contributed by atoms with Crippen molar-refractivity contribution in [2.45, 2.75) is 19.8 Å². The van der Waals surface area contributed by atoms with Gasteiger partial charge in [-0.3, -0.25) is 19.7 Å². The molecule has 8 heteroatoms. The summed E-state index contributed by atoms with van der Waals surface area (Å²) in [6.07, 6.45) is 1.32. The number of hydrogen-bond donors (Lipinski definition) is 3. The molecule has 3 N–H and O–H groups in total. The number of imide groups is 1. The van der Waals surface area contributed by atoms with Crippen LogP contribution in [0.15, 0.2) is 42.5 Å². The van der Waals surface area contributed by atoms with E-state index in [4.69, 9.17) is 0 Å². The molecule has 1 fully saturated rings. The molecule has 2 aromatic carbocycles. The number of hydrogen-bond acceptors (Lipinski definition) is 6. The van der Waals surface area contributed by atoms with Crippen molar-refractivity contribution in [1.29, 1.82) is 0 Å². The van der Waals surface area contributed by atoms with Gasteiger partial charge in [0, 0.05) is 17.2 Å². The minimum Gasteiger partial charge on any atom is -0.318 e. The van der Waals surface area contributed by atoms with Crippen LogP contribution in [0.2, 0.25) is 0 Å². The van der Waals surface area contributed by atoms with Crippen LogP contribution in [0, 0.1) is 12.8 Å². The number of amides is 3. The van der Waals surface area contributed by atoms with Crippen LogP contribution >= 0.6 is 11.3 Å².